The first-order valence-corrected chi connectivity index (χ1v) is 5.31. The Bertz CT molecular complexity index is 150. The van der Waals surface area contributed by atoms with Crippen molar-refractivity contribution in [2.24, 2.45) is 0 Å². The normalized spacial score (nSPS) is 13.3. The Labute approximate surface area is 89.0 Å². The van der Waals surface area contributed by atoms with Crippen LogP contribution >= 0.6 is 0 Å². The van der Waals surface area contributed by atoms with Crippen LogP contribution in [0.1, 0.15) is 47.0 Å². The molecule has 0 aliphatic carbocycles. The Morgan fingerprint density at radius 3 is 2.00 bits per heavy atom. The molecule has 0 atom stereocenters. The number of methoxy groups -OCH3 is 1. The molecular formula is C12H25O2. The van der Waals surface area contributed by atoms with Crippen molar-refractivity contribution in [3.05, 3.63) is 6.92 Å². The first-order valence-electron chi connectivity index (χ1n) is 5.31. The van der Waals surface area contributed by atoms with Gasteiger partial charge in [-0.3, -0.25) is 0 Å². The molecule has 0 aromatic carbocycles. The van der Waals surface area contributed by atoms with Gasteiger partial charge >= 0.3 is 0 Å². The lowest BCUT2D eigenvalue weighted by Crippen LogP contribution is -2.29. The molecule has 0 N–H and O–H groups in total. The van der Waals surface area contributed by atoms with Gasteiger partial charge in [0, 0.05) is 7.11 Å². The van der Waals surface area contributed by atoms with E-state index in [0.717, 1.165) is 25.9 Å². The molecule has 0 saturated heterocycles. The molecule has 85 valence electrons. The SMILES string of the molecule is [CH2]CCC(C)(C)OCCC(C)(C)OC. The minimum Gasteiger partial charge on any atom is -0.379 e. The maximum atomic E-state index is 5.79. The molecular weight excluding hydrogens is 176 g/mol. The molecule has 0 aliphatic rings. The van der Waals surface area contributed by atoms with Crippen LogP contribution < -0.4 is 0 Å². The molecule has 2 nitrogen and oxygen atoms in total. The summed E-state index contributed by atoms with van der Waals surface area (Å²) in [4.78, 5) is 0. The van der Waals surface area contributed by atoms with Crippen LogP contribution in [0.2, 0.25) is 0 Å². The van der Waals surface area contributed by atoms with E-state index in [4.69, 9.17) is 9.47 Å². The average molecular weight is 201 g/mol. The monoisotopic (exact) mass is 201 g/mol. The zero-order valence-corrected chi connectivity index (χ0v) is 10.4. The summed E-state index contributed by atoms with van der Waals surface area (Å²) in [5.74, 6) is 0. The summed E-state index contributed by atoms with van der Waals surface area (Å²) < 4.78 is 11.1. The van der Waals surface area contributed by atoms with Gasteiger partial charge in [0.15, 0.2) is 0 Å². The summed E-state index contributed by atoms with van der Waals surface area (Å²) in [5.41, 5.74) is -0.133. The van der Waals surface area contributed by atoms with E-state index >= 15 is 0 Å². The van der Waals surface area contributed by atoms with Crippen LogP contribution in [-0.2, 0) is 9.47 Å². The predicted octanol–water partition coefficient (Wildman–Crippen LogP) is 3.21. The summed E-state index contributed by atoms with van der Waals surface area (Å²) in [5, 5.41) is 0. The van der Waals surface area contributed by atoms with E-state index in [1.54, 1.807) is 7.11 Å². The second-order valence-corrected chi connectivity index (χ2v) is 4.93. The summed E-state index contributed by atoms with van der Waals surface area (Å²) in [7, 11) is 1.74. The highest BCUT2D eigenvalue weighted by Gasteiger charge is 2.20. The fraction of sp³-hybridized carbons (Fsp3) is 0.917. The molecule has 0 amide bonds. The van der Waals surface area contributed by atoms with Crippen molar-refractivity contribution in [2.45, 2.75) is 58.2 Å². The van der Waals surface area contributed by atoms with Crippen LogP contribution in [0.15, 0.2) is 0 Å². The summed E-state index contributed by atoms with van der Waals surface area (Å²) in [6.07, 6.45) is 2.84. The van der Waals surface area contributed by atoms with Crippen LogP contribution in [0, 0.1) is 6.92 Å². The van der Waals surface area contributed by atoms with Gasteiger partial charge in [-0.2, -0.15) is 0 Å². The first-order chi connectivity index (χ1) is 6.33. The number of hydrogen-bond donors (Lipinski definition) is 0. The first kappa shape index (κ1) is 13.9. The number of rotatable bonds is 7. The van der Waals surface area contributed by atoms with Crippen molar-refractivity contribution in [2.75, 3.05) is 13.7 Å². The van der Waals surface area contributed by atoms with Gasteiger partial charge in [-0.15, -0.1) is 0 Å². The van der Waals surface area contributed by atoms with Gasteiger partial charge in [-0.05, 0) is 40.5 Å². The van der Waals surface area contributed by atoms with Crippen LogP contribution in [0.25, 0.3) is 0 Å². The lowest BCUT2D eigenvalue weighted by molar-refractivity contribution is -0.0607. The third-order valence-electron chi connectivity index (χ3n) is 2.53. The molecule has 0 aliphatic heterocycles. The Hall–Kier alpha value is -0.0800. The van der Waals surface area contributed by atoms with Crippen molar-refractivity contribution < 1.29 is 9.47 Å². The lowest BCUT2D eigenvalue weighted by Gasteiger charge is -2.28. The average Bonchev–Trinajstić information content (AvgIpc) is 2.03. The van der Waals surface area contributed by atoms with Gasteiger partial charge in [0.25, 0.3) is 0 Å². The van der Waals surface area contributed by atoms with Crippen molar-refractivity contribution in [1.82, 2.24) is 0 Å². The molecule has 0 saturated carbocycles. The second kappa shape index (κ2) is 5.72. The second-order valence-electron chi connectivity index (χ2n) is 4.93. The minimum atomic E-state index is -0.0828. The Morgan fingerprint density at radius 2 is 1.57 bits per heavy atom. The summed E-state index contributed by atoms with van der Waals surface area (Å²) in [6.45, 7) is 12.9. The maximum Gasteiger partial charge on any atom is 0.0644 e. The van der Waals surface area contributed by atoms with Gasteiger partial charge in [-0.1, -0.05) is 13.3 Å². The van der Waals surface area contributed by atoms with E-state index in [0.29, 0.717) is 0 Å². The largest absolute Gasteiger partial charge is 0.379 e. The highest BCUT2D eigenvalue weighted by molar-refractivity contribution is 4.72. The van der Waals surface area contributed by atoms with Crippen molar-refractivity contribution in [3.8, 4) is 0 Å². The quantitative estimate of drug-likeness (QED) is 0.629. The molecule has 1 radical (unpaired) electrons. The van der Waals surface area contributed by atoms with Crippen molar-refractivity contribution in [3.63, 3.8) is 0 Å². The molecule has 0 spiro atoms. The van der Waals surface area contributed by atoms with Crippen LogP contribution in [0.3, 0.4) is 0 Å². The Morgan fingerprint density at radius 1 is 1.00 bits per heavy atom. The zero-order valence-electron chi connectivity index (χ0n) is 10.4. The molecule has 0 rings (SSSR count). The highest BCUT2D eigenvalue weighted by atomic mass is 16.5. The van der Waals surface area contributed by atoms with E-state index in [-0.39, 0.29) is 11.2 Å². The summed E-state index contributed by atoms with van der Waals surface area (Å²) in [6, 6.07) is 0. The van der Waals surface area contributed by atoms with Gasteiger partial charge in [0.05, 0.1) is 17.8 Å². The standard InChI is InChI=1S/C12H25O2/c1-7-8-12(4,5)14-10-9-11(2,3)13-6/h1,7-10H2,2-6H3. The predicted molar refractivity (Wildman–Crippen MR) is 60.3 cm³/mol. The molecule has 2 heteroatoms. The third kappa shape index (κ3) is 6.39. The molecule has 0 unspecified atom stereocenters. The molecule has 0 aromatic rings. The minimum absolute atomic E-state index is 0.0500. The van der Waals surface area contributed by atoms with Gasteiger partial charge in [-0.25, -0.2) is 0 Å². The fourth-order valence-electron chi connectivity index (χ4n) is 1.17. The maximum absolute atomic E-state index is 5.79. The van der Waals surface area contributed by atoms with Crippen molar-refractivity contribution >= 4 is 0 Å². The van der Waals surface area contributed by atoms with Gasteiger partial charge < -0.3 is 9.47 Å². The van der Waals surface area contributed by atoms with Crippen LogP contribution in [0.4, 0.5) is 0 Å². The Kier molecular flexibility index (Phi) is 5.68. The third-order valence-corrected chi connectivity index (χ3v) is 2.53. The molecule has 0 fully saturated rings. The lowest BCUT2D eigenvalue weighted by atomic mass is 10.0. The Balaban J connectivity index is 3.73. The number of ether oxygens (including phenoxy) is 2. The van der Waals surface area contributed by atoms with E-state index in [2.05, 4.69) is 34.6 Å². The highest BCUT2D eigenvalue weighted by Crippen LogP contribution is 2.19. The fourth-order valence-corrected chi connectivity index (χ4v) is 1.17. The van der Waals surface area contributed by atoms with E-state index in [1.165, 1.54) is 0 Å². The van der Waals surface area contributed by atoms with Gasteiger partial charge in [0.2, 0.25) is 0 Å². The van der Waals surface area contributed by atoms with Crippen LogP contribution in [0.5, 0.6) is 0 Å². The van der Waals surface area contributed by atoms with E-state index in [1.807, 2.05) is 0 Å². The van der Waals surface area contributed by atoms with E-state index < -0.39 is 0 Å². The van der Waals surface area contributed by atoms with E-state index in [9.17, 15) is 0 Å². The van der Waals surface area contributed by atoms with Crippen molar-refractivity contribution in [1.29, 1.82) is 0 Å². The molecule has 0 aromatic heterocycles. The van der Waals surface area contributed by atoms with Crippen LogP contribution in [-0.4, -0.2) is 24.9 Å². The zero-order chi connectivity index (χ0) is 11.2. The topological polar surface area (TPSA) is 18.5 Å². The molecule has 0 heterocycles. The molecule has 0 bridgehead atoms. The van der Waals surface area contributed by atoms with Gasteiger partial charge in [0.1, 0.15) is 0 Å². The molecule has 14 heavy (non-hydrogen) atoms. The number of hydrogen-bond acceptors (Lipinski definition) is 2. The smallest absolute Gasteiger partial charge is 0.0644 e. The summed E-state index contributed by atoms with van der Waals surface area (Å²) >= 11 is 0.